The lowest BCUT2D eigenvalue weighted by Gasteiger charge is -2.43. The second-order valence-corrected chi connectivity index (χ2v) is 10.7. The van der Waals surface area contributed by atoms with E-state index >= 15 is 0 Å². The van der Waals surface area contributed by atoms with Gasteiger partial charge in [-0.1, -0.05) is 26.7 Å². The minimum Gasteiger partial charge on any atom is -0.355 e. The lowest BCUT2D eigenvalue weighted by atomic mass is 9.69. The smallest absolute Gasteiger partial charge is 0.228 e. The molecule has 1 aliphatic heterocycles. The predicted molar refractivity (Wildman–Crippen MR) is 98.9 cm³/mol. The number of hydrogen-bond donors (Lipinski definition) is 1. The Bertz CT molecular complexity index is 660. The molecule has 0 radical (unpaired) electrons. The van der Waals surface area contributed by atoms with Crippen molar-refractivity contribution in [2.75, 3.05) is 38.5 Å². The van der Waals surface area contributed by atoms with Gasteiger partial charge in [-0.2, -0.15) is 4.31 Å². The van der Waals surface area contributed by atoms with Crippen LogP contribution in [0.3, 0.4) is 0 Å². The summed E-state index contributed by atoms with van der Waals surface area (Å²) in [5.41, 5.74) is -0.545. The van der Waals surface area contributed by atoms with E-state index in [4.69, 9.17) is 0 Å². The minimum absolute atomic E-state index is 0.0388. The number of sulfonamides is 1. The van der Waals surface area contributed by atoms with Gasteiger partial charge in [0, 0.05) is 43.6 Å². The zero-order valence-electron chi connectivity index (χ0n) is 15.9. The largest absolute Gasteiger partial charge is 0.355 e. The topological polar surface area (TPSA) is 86.8 Å². The number of carbonyl (C=O) groups excluding carboxylic acids is 2. The van der Waals surface area contributed by atoms with Gasteiger partial charge < -0.3 is 10.2 Å². The van der Waals surface area contributed by atoms with E-state index < -0.39 is 10.0 Å². The Morgan fingerprint density at radius 2 is 1.46 bits per heavy atom. The van der Waals surface area contributed by atoms with E-state index in [0.717, 1.165) is 38.5 Å². The highest BCUT2D eigenvalue weighted by atomic mass is 32.2. The van der Waals surface area contributed by atoms with Gasteiger partial charge in [0.1, 0.15) is 0 Å². The van der Waals surface area contributed by atoms with Crippen molar-refractivity contribution in [1.82, 2.24) is 14.5 Å². The van der Waals surface area contributed by atoms with Crippen LogP contribution in [0.25, 0.3) is 0 Å². The van der Waals surface area contributed by atoms with Crippen molar-refractivity contribution in [2.45, 2.75) is 52.4 Å². The predicted octanol–water partition coefficient (Wildman–Crippen LogP) is 0.957. The van der Waals surface area contributed by atoms with E-state index in [0.29, 0.717) is 26.2 Å². The van der Waals surface area contributed by atoms with Gasteiger partial charge in [-0.05, 0) is 25.7 Å². The molecule has 1 heterocycles. The molecular weight excluding hydrogens is 354 g/mol. The number of piperazine rings is 1. The van der Waals surface area contributed by atoms with Gasteiger partial charge in [-0.15, -0.1) is 0 Å². The molecule has 1 saturated heterocycles. The van der Waals surface area contributed by atoms with Crippen LogP contribution in [0.15, 0.2) is 0 Å². The molecule has 0 unspecified atom stereocenters. The Hall–Kier alpha value is -1.15. The molecule has 3 fully saturated rings. The van der Waals surface area contributed by atoms with E-state index in [2.05, 4.69) is 5.32 Å². The summed E-state index contributed by atoms with van der Waals surface area (Å²) in [6, 6.07) is 0. The number of rotatable bonds is 6. The molecule has 0 atom stereocenters. The third-order valence-electron chi connectivity index (χ3n) is 6.54. The van der Waals surface area contributed by atoms with E-state index in [1.54, 1.807) is 0 Å². The van der Waals surface area contributed by atoms with E-state index in [1.807, 2.05) is 18.7 Å². The van der Waals surface area contributed by atoms with Crippen molar-refractivity contribution < 1.29 is 18.0 Å². The Labute approximate surface area is 156 Å². The van der Waals surface area contributed by atoms with Crippen molar-refractivity contribution in [1.29, 1.82) is 0 Å². The Morgan fingerprint density at radius 1 is 0.923 bits per heavy atom. The first-order chi connectivity index (χ1) is 12.2. The number of amides is 2. The lowest BCUT2D eigenvalue weighted by molar-refractivity contribution is -0.147. The highest BCUT2D eigenvalue weighted by Crippen LogP contribution is 2.42. The number of nitrogens with zero attached hydrogens (tertiary/aromatic N) is 2. The van der Waals surface area contributed by atoms with Crippen LogP contribution in [0.4, 0.5) is 0 Å². The lowest BCUT2D eigenvalue weighted by Crippen LogP contribution is -2.55. The van der Waals surface area contributed by atoms with Gasteiger partial charge in [-0.25, -0.2) is 8.42 Å². The fraction of sp³-hybridized carbons (Fsp3) is 0.889. The number of nitrogens with one attached hydrogen (secondary N) is 1. The van der Waals surface area contributed by atoms with Crippen molar-refractivity contribution in [3.05, 3.63) is 0 Å². The van der Waals surface area contributed by atoms with Crippen LogP contribution in [-0.4, -0.2) is 67.9 Å². The number of hydrogen-bond acceptors (Lipinski definition) is 4. The minimum atomic E-state index is -3.41. The van der Waals surface area contributed by atoms with Crippen LogP contribution in [0.2, 0.25) is 0 Å². The molecule has 148 valence electrons. The summed E-state index contributed by atoms with van der Waals surface area (Å²) < 4.78 is 26.5. The quantitative estimate of drug-likeness (QED) is 0.738. The second kappa shape index (κ2) is 7.11. The Morgan fingerprint density at radius 3 is 1.92 bits per heavy atom. The van der Waals surface area contributed by atoms with Crippen molar-refractivity contribution >= 4 is 21.8 Å². The van der Waals surface area contributed by atoms with Crippen LogP contribution in [0, 0.1) is 10.8 Å². The highest BCUT2D eigenvalue weighted by molar-refractivity contribution is 7.89. The summed E-state index contributed by atoms with van der Waals surface area (Å²) in [7, 11) is -3.41. The molecule has 3 rings (SSSR count). The first-order valence-electron chi connectivity index (χ1n) is 9.72. The van der Waals surface area contributed by atoms with E-state index in [1.165, 1.54) is 4.31 Å². The first kappa shape index (κ1) is 19.6. The van der Waals surface area contributed by atoms with Gasteiger partial charge >= 0.3 is 0 Å². The molecule has 3 aliphatic rings. The summed E-state index contributed by atoms with van der Waals surface area (Å²) >= 11 is 0. The monoisotopic (exact) mass is 385 g/mol. The maximum absolute atomic E-state index is 12.5. The summed E-state index contributed by atoms with van der Waals surface area (Å²) in [5.74, 6) is 0.0467. The molecule has 7 nitrogen and oxygen atoms in total. The molecule has 0 spiro atoms. The van der Waals surface area contributed by atoms with E-state index in [-0.39, 0.29) is 34.9 Å². The first-order valence-corrected chi connectivity index (χ1v) is 11.3. The van der Waals surface area contributed by atoms with Crippen LogP contribution < -0.4 is 5.32 Å². The maximum atomic E-state index is 12.5. The third kappa shape index (κ3) is 3.76. The normalized spacial score (nSPS) is 25.1. The Kier molecular flexibility index (Phi) is 5.36. The molecule has 0 aromatic heterocycles. The molecule has 2 amide bonds. The van der Waals surface area contributed by atoms with E-state index in [9.17, 15) is 18.0 Å². The average Bonchev–Trinajstić information content (AvgIpc) is 2.56. The molecule has 0 aromatic carbocycles. The summed E-state index contributed by atoms with van der Waals surface area (Å²) in [5, 5.41) is 2.77. The van der Waals surface area contributed by atoms with Gasteiger partial charge in [0.15, 0.2) is 0 Å². The summed E-state index contributed by atoms with van der Waals surface area (Å²) in [6.45, 7) is 5.68. The molecule has 0 bridgehead atoms. The van der Waals surface area contributed by atoms with Crippen LogP contribution in [0.1, 0.15) is 52.4 Å². The second-order valence-electron chi connectivity index (χ2n) is 8.59. The zero-order chi connectivity index (χ0) is 19.0. The molecular formula is C18H31N3O4S. The third-order valence-corrected chi connectivity index (χ3v) is 8.42. The molecule has 8 heteroatoms. The standard InChI is InChI=1S/C18H31N3O4S/c1-17(5-3-6-17)15(22)19-9-14-26(24,25)21-12-10-20(11-13-21)16(23)18(2)7-4-8-18/h3-14H2,1-2H3,(H,19,22). The fourth-order valence-electron chi connectivity index (χ4n) is 4.04. The molecule has 2 aliphatic carbocycles. The zero-order valence-corrected chi connectivity index (χ0v) is 16.7. The van der Waals surface area contributed by atoms with Crippen molar-refractivity contribution in [3.8, 4) is 0 Å². The van der Waals surface area contributed by atoms with Gasteiger partial charge in [0.25, 0.3) is 0 Å². The van der Waals surface area contributed by atoms with Gasteiger partial charge in [0.2, 0.25) is 21.8 Å². The SMILES string of the molecule is CC1(C(=O)NCCS(=O)(=O)N2CCN(C(=O)C3(C)CCC3)CC2)CCC1. The van der Waals surface area contributed by atoms with Gasteiger partial charge in [-0.3, -0.25) is 9.59 Å². The maximum Gasteiger partial charge on any atom is 0.228 e. The molecule has 1 N–H and O–H groups in total. The average molecular weight is 386 g/mol. The highest BCUT2D eigenvalue weighted by Gasteiger charge is 2.43. The molecule has 0 aromatic rings. The van der Waals surface area contributed by atoms with Crippen LogP contribution in [0.5, 0.6) is 0 Å². The van der Waals surface area contributed by atoms with Crippen LogP contribution >= 0.6 is 0 Å². The molecule has 2 saturated carbocycles. The van der Waals surface area contributed by atoms with Crippen LogP contribution in [-0.2, 0) is 19.6 Å². The number of carbonyl (C=O) groups is 2. The fourth-order valence-corrected chi connectivity index (χ4v) is 5.38. The van der Waals surface area contributed by atoms with Gasteiger partial charge in [0.05, 0.1) is 5.75 Å². The van der Waals surface area contributed by atoms with Crippen molar-refractivity contribution in [3.63, 3.8) is 0 Å². The Balaban J connectivity index is 1.44. The summed E-state index contributed by atoms with van der Waals surface area (Å²) in [6.07, 6.45) is 5.78. The summed E-state index contributed by atoms with van der Waals surface area (Å²) in [4.78, 5) is 26.4. The molecule has 26 heavy (non-hydrogen) atoms. The van der Waals surface area contributed by atoms with Crippen molar-refractivity contribution in [2.24, 2.45) is 10.8 Å².